The first-order valence-corrected chi connectivity index (χ1v) is 12.6. The predicted octanol–water partition coefficient (Wildman–Crippen LogP) is 5.68. The Bertz CT molecular complexity index is 1320. The molecule has 8 nitrogen and oxygen atoms in total. The maximum Gasteiger partial charge on any atom is 0.269 e. The third kappa shape index (κ3) is 5.98. The van der Waals surface area contributed by atoms with Crippen LogP contribution >= 0.6 is 11.8 Å². The summed E-state index contributed by atoms with van der Waals surface area (Å²) in [4.78, 5) is 24.9. The van der Waals surface area contributed by atoms with Gasteiger partial charge in [-0.2, -0.15) is 0 Å². The number of carbonyl (C=O) groups is 1. The second-order valence-electron chi connectivity index (χ2n) is 8.39. The van der Waals surface area contributed by atoms with E-state index in [1.807, 2.05) is 73.1 Å². The van der Waals surface area contributed by atoms with Gasteiger partial charge in [0, 0.05) is 42.6 Å². The highest BCUT2D eigenvalue weighted by Crippen LogP contribution is 2.28. The molecule has 184 valence electrons. The molecule has 0 radical (unpaired) electrons. The Balaban J connectivity index is 1.55. The monoisotopic (exact) mass is 501 g/mol. The van der Waals surface area contributed by atoms with Gasteiger partial charge in [-0.3, -0.25) is 19.5 Å². The molecular formula is C27H27N5O3S. The van der Waals surface area contributed by atoms with Crippen LogP contribution in [0.4, 0.5) is 5.69 Å². The van der Waals surface area contributed by atoms with Crippen LogP contribution in [0.5, 0.6) is 0 Å². The fourth-order valence-electron chi connectivity index (χ4n) is 3.80. The first-order valence-electron chi connectivity index (χ1n) is 11.7. The third-order valence-electron chi connectivity index (χ3n) is 5.71. The Morgan fingerprint density at radius 1 is 0.972 bits per heavy atom. The van der Waals surface area contributed by atoms with Gasteiger partial charge in [0.1, 0.15) is 0 Å². The van der Waals surface area contributed by atoms with Gasteiger partial charge in [0.25, 0.3) is 11.6 Å². The highest BCUT2D eigenvalue weighted by Gasteiger charge is 2.17. The van der Waals surface area contributed by atoms with Gasteiger partial charge in [-0.25, -0.2) is 0 Å². The number of nitro benzene ring substituents is 1. The molecule has 0 fully saturated rings. The Morgan fingerprint density at radius 2 is 1.67 bits per heavy atom. The van der Waals surface area contributed by atoms with Gasteiger partial charge < -0.3 is 4.90 Å². The van der Waals surface area contributed by atoms with E-state index in [4.69, 9.17) is 0 Å². The molecule has 0 saturated carbocycles. The first kappa shape index (κ1) is 25.1. The molecule has 3 aromatic carbocycles. The summed E-state index contributed by atoms with van der Waals surface area (Å²) in [5.41, 5.74) is 3.63. The maximum absolute atomic E-state index is 12.5. The van der Waals surface area contributed by atoms with E-state index in [0.29, 0.717) is 23.7 Å². The van der Waals surface area contributed by atoms with E-state index in [9.17, 15) is 14.9 Å². The van der Waals surface area contributed by atoms with Crippen molar-refractivity contribution in [3.8, 4) is 11.4 Å². The maximum atomic E-state index is 12.5. The van der Waals surface area contributed by atoms with Gasteiger partial charge >= 0.3 is 0 Å². The van der Waals surface area contributed by atoms with E-state index in [1.54, 1.807) is 28.8 Å². The zero-order chi connectivity index (χ0) is 25.5. The molecule has 1 amide bonds. The first-order chi connectivity index (χ1) is 17.5. The summed E-state index contributed by atoms with van der Waals surface area (Å²) in [6.07, 6.45) is 0.919. The number of benzene rings is 3. The van der Waals surface area contributed by atoms with Crippen LogP contribution < -0.4 is 0 Å². The molecule has 9 heteroatoms. The zero-order valence-corrected chi connectivity index (χ0v) is 21.0. The molecule has 4 aromatic rings. The van der Waals surface area contributed by atoms with Crippen LogP contribution in [0.1, 0.15) is 34.8 Å². The Labute approximate surface area is 214 Å². The average molecular weight is 502 g/mol. The second kappa shape index (κ2) is 11.6. The van der Waals surface area contributed by atoms with E-state index in [-0.39, 0.29) is 11.6 Å². The van der Waals surface area contributed by atoms with E-state index in [1.165, 1.54) is 12.1 Å². The van der Waals surface area contributed by atoms with Crippen LogP contribution in [-0.4, -0.2) is 44.1 Å². The van der Waals surface area contributed by atoms with Crippen LogP contribution in [0.15, 0.2) is 84.0 Å². The number of hydrogen-bond acceptors (Lipinski definition) is 6. The largest absolute Gasteiger partial charge is 0.342 e. The number of amides is 1. The SMILES string of the molecule is CCCN(C)C(=O)c1ccc(CSc2nnc(-c3ccc([N+](=O)[O-])cc3)n2Cc2ccccc2)cc1. The number of aromatic nitrogens is 3. The van der Waals surface area contributed by atoms with E-state index in [2.05, 4.69) is 10.2 Å². The quantitative estimate of drug-likeness (QED) is 0.158. The van der Waals surface area contributed by atoms with Crippen LogP contribution in [0.3, 0.4) is 0 Å². The lowest BCUT2D eigenvalue weighted by Crippen LogP contribution is -2.27. The standard InChI is InChI=1S/C27H27N5O3S/c1-3-17-30(2)26(33)23-11-9-21(10-12-23)19-36-27-29-28-25(22-13-15-24(16-14-22)32(34)35)31(27)18-20-7-5-4-6-8-20/h4-16H,3,17-19H2,1-2H3. The lowest BCUT2D eigenvalue weighted by Gasteiger charge is -2.16. The minimum absolute atomic E-state index is 0.0198. The fourth-order valence-corrected chi connectivity index (χ4v) is 4.69. The predicted molar refractivity (Wildman–Crippen MR) is 141 cm³/mol. The summed E-state index contributed by atoms with van der Waals surface area (Å²) >= 11 is 1.56. The number of thioether (sulfide) groups is 1. The molecule has 0 spiro atoms. The van der Waals surface area contributed by atoms with Gasteiger partial charge in [-0.15, -0.1) is 10.2 Å². The molecule has 1 aromatic heterocycles. The summed E-state index contributed by atoms with van der Waals surface area (Å²) in [7, 11) is 1.82. The molecule has 0 aliphatic rings. The highest BCUT2D eigenvalue weighted by atomic mass is 32.2. The van der Waals surface area contributed by atoms with Gasteiger partial charge in [0.05, 0.1) is 11.5 Å². The lowest BCUT2D eigenvalue weighted by atomic mass is 10.1. The molecule has 0 saturated heterocycles. The molecule has 0 unspecified atom stereocenters. The second-order valence-corrected chi connectivity index (χ2v) is 9.34. The van der Waals surface area contributed by atoms with Crippen molar-refractivity contribution in [2.45, 2.75) is 30.8 Å². The number of non-ortho nitro benzene ring substituents is 1. The fraction of sp³-hybridized carbons (Fsp3) is 0.222. The van der Waals surface area contributed by atoms with Crippen molar-refractivity contribution in [2.24, 2.45) is 0 Å². The topological polar surface area (TPSA) is 94.2 Å². The minimum Gasteiger partial charge on any atom is -0.342 e. The summed E-state index contributed by atoms with van der Waals surface area (Å²) in [6, 6.07) is 24.0. The number of carbonyl (C=O) groups excluding carboxylic acids is 1. The Morgan fingerprint density at radius 3 is 2.31 bits per heavy atom. The highest BCUT2D eigenvalue weighted by molar-refractivity contribution is 7.98. The summed E-state index contributed by atoms with van der Waals surface area (Å²) in [6.45, 7) is 3.35. The molecule has 36 heavy (non-hydrogen) atoms. The normalized spacial score (nSPS) is 10.8. The van der Waals surface area contributed by atoms with E-state index < -0.39 is 4.92 Å². The number of nitrogens with zero attached hydrogens (tertiary/aromatic N) is 5. The third-order valence-corrected chi connectivity index (χ3v) is 6.75. The number of rotatable bonds is 10. The number of nitro groups is 1. The molecule has 0 atom stereocenters. The summed E-state index contributed by atoms with van der Waals surface area (Å²) < 4.78 is 2.03. The molecule has 0 aliphatic carbocycles. The van der Waals surface area contributed by atoms with Gasteiger partial charge in [-0.05, 0) is 41.8 Å². The van der Waals surface area contributed by atoms with Crippen LogP contribution in [0.25, 0.3) is 11.4 Å². The van der Waals surface area contributed by atoms with Gasteiger partial charge in [0.15, 0.2) is 11.0 Å². The lowest BCUT2D eigenvalue weighted by molar-refractivity contribution is -0.384. The van der Waals surface area contributed by atoms with Crippen LogP contribution in [-0.2, 0) is 12.3 Å². The van der Waals surface area contributed by atoms with E-state index >= 15 is 0 Å². The van der Waals surface area contributed by atoms with Crippen molar-refractivity contribution in [3.63, 3.8) is 0 Å². The average Bonchev–Trinajstić information content (AvgIpc) is 3.30. The van der Waals surface area contributed by atoms with Crippen molar-refractivity contribution in [1.82, 2.24) is 19.7 Å². The van der Waals surface area contributed by atoms with Crippen LogP contribution in [0.2, 0.25) is 0 Å². The minimum atomic E-state index is -0.416. The zero-order valence-electron chi connectivity index (χ0n) is 20.2. The van der Waals surface area contributed by atoms with Crippen molar-refractivity contribution >= 4 is 23.4 Å². The van der Waals surface area contributed by atoms with E-state index in [0.717, 1.165) is 34.8 Å². The summed E-state index contributed by atoms with van der Waals surface area (Å²) in [5, 5.41) is 20.6. The van der Waals surface area contributed by atoms with Gasteiger partial charge in [0.2, 0.25) is 0 Å². The molecule has 0 N–H and O–H groups in total. The van der Waals surface area contributed by atoms with Crippen molar-refractivity contribution in [2.75, 3.05) is 13.6 Å². The van der Waals surface area contributed by atoms with Gasteiger partial charge in [-0.1, -0.05) is 61.2 Å². The van der Waals surface area contributed by atoms with Crippen molar-refractivity contribution in [3.05, 3.63) is 106 Å². The smallest absolute Gasteiger partial charge is 0.269 e. The Hall–Kier alpha value is -3.98. The molecule has 0 aliphatic heterocycles. The van der Waals surface area contributed by atoms with Crippen molar-refractivity contribution < 1.29 is 9.72 Å². The van der Waals surface area contributed by atoms with Crippen LogP contribution in [0, 0.1) is 10.1 Å². The number of hydrogen-bond donors (Lipinski definition) is 0. The molecule has 4 rings (SSSR count). The summed E-state index contributed by atoms with van der Waals surface area (Å²) in [5.74, 6) is 1.33. The molecule has 0 bridgehead atoms. The Kier molecular flexibility index (Phi) is 8.12. The molecule has 1 heterocycles. The van der Waals surface area contributed by atoms with Crippen molar-refractivity contribution in [1.29, 1.82) is 0 Å². The molecular weight excluding hydrogens is 474 g/mol.